The van der Waals surface area contributed by atoms with E-state index in [1.54, 1.807) is 0 Å². The number of aliphatic imine (C=N–C) groups is 1. The van der Waals surface area contributed by atoms with Crippen LogP contribution in [0, 0.1) is 17.8 Å². The van der Waals surface area contributed by atoms with Gasteiger partial charge in [0.2, 0.25) is 11.8 Å². The Hall–Kier alpha value is -1.59. The summed E-state index contributed by atoms with van der Waals surface area (Å²) in [5.41, 5.74) is 0. The van der Waals surface area contributed by atoms with Crippen LogP contribution in [0.15, 0.2) is 4.99 Å². The van der Waals surface area contributed by atoms with Gasteiger partial charge in [-0.1, -0.05) is 38.5 Å². The predicted octanol–water partition coefficient (Wildman–Crippen LogP) is 4.23. The number of fused-ring (bicyclic) bond motifs is 1. The Morgan fingerprint density at radius 2 is 1.21 bits per heavy atom. The molecule has 3 atom stereocenters. The maximum absolute atomic E-state index is 12.7. The molecule has 0 radical (unpaired) electrons. The van der Waals surface area contributed by atoms with Crippen molar-refractivity contribution >= 4 is 17.6 Å². The maximum Gasteiger partial charge on any atom is 0.223 e. The van der Waals surface area contributed by atoms with Crippen molar-refractivity contribution in [2.45, 2.75) is 133 Å². The molecule has 0 aromatic heterocycles. The topological polar surface area (TPSA) is 82.6 Å². The molecule has 5 aliphatic rings. The van der Waals surface area contributed by atoms with Gasteiger partial charge < -0.3 is 16.0 Å². The molecule has 0 aromatic rings. The lowest BCUT2D eigenvalue weighted by Crippen LogP contribution is -2.49. The van der Waals surface area contributed by atoms with Gasteiger partial charge in [0.1, 0.15) is 5.84 Å². The van der Waals surface area contributed by atoms with Crippen LogP contribution in [0.1, 0.15) is 109 Å². The number of amidine groups is 1. The number of nitrogens with zero attached hydrogens (tertiary/aromatic N) is 1. The van der Waals surface area contributed by atoms with Crippen molar-refractivity contribution < 1.29 is 9.59 Å². The third-order valence-electron chi connectivity index (χ3n) is 9.21. The molecule has 3 N–H and O–H groups in total. The monoisotopic (exact) mass is 456 g/mol. The fraction of sp³-hybridized carbons (Fsp3) is 0.889. The molecule has 0 bridgehead atoms. The van der Waals surface area contributed by atoms with Crippen LogP contribution >= 0.6 is 0 Å². The minimum absolute atomic E-state index is 0.244. The quantitative estimate of drug-likeness (QED) is 0.579. The first kappa shape index (κ1) is 23.2. The van der Waals surface area contributed by atoms with Crippen molar-refractivity contribution in [1.29, 1.82) is 0 Å². The Morgan fingerprint density at radius 1 is 0.667 bits per heavy atom. The molecule has 4 saturated carbocycles. The summed E-state index contributed by atoms with van der Waals surface area (Å²) < 4.78 is 0. The summed E-state index contributed by atoms with van der Waals surface area (Å²) in [6.07, 6.45) is 19.2. The molecule has 5 rings (SSSR count). The first-order chi connectivity index (χ1) is 16.2. The molecule has 4 fully saturated rings. The maximum atomic E-state index is 12.7. The third-order valence-corrected chi connectivity index (χ3v) is 9.21. The van der Waals surface area contributed by atoms with Crippen LogP contribution in [-0.2, 0) is 9.59 Å². The van der Waals surface area contributed by atoms with E-state index in [-0.39, 0.29) is 11.8 Å². The number of amides is 2. The van der Waals surface area contributed by atoms with Gasteiger partial charge in [-0.2, -0.15) is 0 Å². The van der Waals surface area contributed by atoms with Gasteiger partial charge >= 0.3 is 0 Å². The highest BCUT2D eigenvalue weighted by Gasteiger charge is 2.39. The number of hydrogen-bond donors (Lipinski definition) is 3. The van der Waals surface area contributed by atoms with E-state index in [4.69, 9.17) is 4.99 Å². The highest BCUT2D eigenvalue weighted by atomic mass is 16.2. The Labute approximate surface area is 199 Å². The van der Waals surface area contributed by atoms with Gasteiger partial charge in [0.25, 0.3) is 0 Å². The smallest absolute Gasteiger partial charge is 0.223 e. The van der Waals surface area contributed by atoms with Crippen molar-refractivity contribution in [2.75, 3.05) is 0 Å². The fourth-order valence-electron chi connectivity index (χ4n) is 7.10. The van der Waals surface area contributed by atoms with E-state index >= 15 is 0 Å². The molecule has 184 valence electrons. The summed E-state index contributed by atoms with van der Waals surface area (Å²) in [6.45, 7) is 0. The third kappa shape index (κ3) is 5.74. The number of carbonyl (C=O) groups excluding carboxylic acids is 2. The van der Waals surface area contributed by atoms with E-state index in [0.717, 1.165) is 70.6 Å². The van der Waals surface area contributed by atoms with Gasteiger partial charge in [0.15, 0.2) is 0 Å². The van der Waals surface area contributed by atoms with Crippen LogP contribution in [-0.4, -0.2) is 41.8 Å². The number of nitrogens with one attached hydrogen (secondary N) is 3. The molecule has 0 saturated heterocycles. The highest BCUT2D eigenvalue weighted by molar-refractivity contribution is 5.87. The summed E-state index contributed by atoms with van der Waals surface area (Å²) in [4.78, 5) is 30.4. The molecule has 6 nitrogen and oxygen atoms in total. The standard InChI is InChI=1S/C27H44N4O2/c32-26(19-7-3-1-4-8-19)28-21-13-11-18(12-14-21)25-30-23-16-15-22(17-24(23)31-25)29-27(33)20-9-5-2-6-10-20/h18-24H,1-17H2,(H,28,32)(H,29,33)(H,30,31). The van der Waals surface area contributed by atoms with Crippen molar-refractivity contribution in [3.8, 4) is 0 Å². The average molecular weight is 457 g/mol. The number of hydrogen-bond acceptors (Lipinski definition) is 4. The second-order valence-electron chi connectivity index (χ2n) is 11.6. The molecule has 3 unspecified atom stereocenters. The van der Waals surface area contributed by atoms with Gasteiger partial charge in [-0.3, -0.25) is 14.6 Å². The van der Waals surface area contributed by atoms with Crippen LogP contribution in [0.4, 0.5) is 0 Å². The minimum Gasteiger partial charge on any atom is -0.369 e. The van der Waals surface area contributed by atoms with Crippen LogP contribution in [0.2, 0.25) is 0 Å². The Kier molecular flexibility index (Phi) is 7.56. The normalized spacial score (nSPS) is 35.8. The summed E-state index contributed by atoms with van der Waals surface area (Å²) in [6, 6.07) is 1.41. The second kappa shape index (κ2) is 10.8. The van der Waals surface area contributed by atoms with E-state index < -0.39 is 0 Å². The van der Waals surface area contributed by atoms with Gasteiger partial charge in [0, 0.05) is 29.8 Å². The molecule has 6 heteroatoms. The van der Waals surface area contributed by atoms with Crippen LogP contribution < -0.4 is 16.0 Å². The molecular formula is C27H44N4O2. The molecule has 1 heterocycles. The van der Waals surface area contributed by atoms with Crippen molar-refractivity contribution in [3.05, 3.63) is 0 Å². The minimum atomic E-state index is 0.244. The van der Waals surface area contributed by atoms with E-state index in [1.165, 1.54) is 44.4 Å². The average Bonchev–Trinajstić information content (AvgIpc) is 3.29. The van der Waals surface area contributed by atoms with Crippen LogP contribution in [0.5, 0.6) is 0 Å². The van der Waals surface area contributed by atoms with Crippen molar-refractivity contribution in [2.24, 2.45) is 22.7 Å². The highest BCUT2D eigenvalue weighted by Crippen LogP contribution is 2.33. The summed E-state index contributed by atoms with van der Waals surface area (Å²) in [5, 5.41) is 10.5. The summed E-state index contributed by atoms with van der Waals surface area (Å²) in [7, 11) is 0. The van der Waals surface area contributed by atoms with E-state index in [2.05, 4.69) is 16.0 Å². The van der Waals surface area contributed by atoms with Crippen molar-refractivity contribution in [1.82, 2.24) is 16.0 Å². The summed E-state index contributed by atoms with van der Waals surface area (Å²) in [5.74, 6) is 2.82. The Morgan fingerprint density at radius 3 is 1.82 bits per heavy atom. The van der Waals surface area contributed by atoms with Gasteiger partial charge in [-0.25, -0.2) is 0 Å². The Balaban J connectivity index is 1.05. The fourth-order valence-corrected chi connectivity index (χ4v) is 7.10. The lowest BCUT2D eigenvalue weighted by atomic mass is 9.84. The molecule has 1 aliphatic heterocycles. The van der Waals surface area contributed by atoms with Crippen molar-refractivity contribution in [3.63, 3.8) is 0 Å². The van der Waals surface area contributed by atoms with Gasteiger partial charge in [-0.15, -0.1) is 0 Å². The Bertz CT molecular complexity index is 718. The van der Waals surface area contributed by atoms with Gasteiger partial charge in [-0.05, 0) is 70.6 Å². The van der Waals surface area contributed by atoms with Crippen LogP contribution in [0.3, 0.4) is 0 Å². The zero-order chi connectivity index (χ0) is 22.6. The summed E-state index contributed by atoms with van der Waals surface area (Å²) >= 11 is 0. The zero-order valence-corrected chi connectivity index (χ0v) is 20.3. The lowest BCUT2D eigenvalue weighted by molar-refractivity contribution is -0.127. The van der Waals surface area contributed by atoms with E-state index in [0.29, 0.717) is 41.9 Å². The van der Waals surface area contributed by atoms with E-state index in [9.17, 15) is 9.59 Å². The predicted molar refractivity (Wildman–Crippen MR) is 131 cm³/mol. The largest absolute Gasteiger partial charge is 0.369 e. The molecule has 0 spiro atoms. The first-order valence-corrected chi connectivity index (χ1v) is 14.1. The molecule has 2 amide bonds. The van der Waals surface area contributed by atoms with E-state index in [1.807, 2.05) is 0 Å². The first-order valence-electron chi connectivity index (χ1n) is 14.1. The zero-order valence-electron chi connectivity index (χ0n) is 20.3. The lowest BCUT2D eigenvalue weighted by Gasteiger charge is -2.33. The molecular weight excluding hydrogens is 412 g/mol. The molecule has 4 aliphatic carbocycles. The van der Waals surface area contributed by atoms with Gasteiger partial charge in [0.05, 0.1) is 12.1 Å². The molecule has 0 aromatic carbocycles. The SMILES string of the molecule is O=C(NC1CCC(C2=NC3CCC(NC(=O)C4CCCCC4)CC3N2)CC1)C1CCCCC1. The number of rotatable bonds is 5. The second-order valence-corrected chi connectivity index (χ2v) is 11.6. The number of carbonyl (C=O) groups is 2. The molecule has 33 heavy (non-hydrogen) atoms. The van der Waals surface area contributed by atoms with Crippen LogP contribution in [0.25, 0.3) is 0 Å².